The standard InChI is InChI=1S/C16H22O3/c1-5-8-19-16(18)7-6-15(17)14-10-12(3)11(2)9-13(14)4/h9-10H,5-8H2,1-4H3. The molecule has 0 aliphatic heterocycles. The first-order valence-electron chi connectivity index (χ1n) is 6.72. The Hall–Kier alpha value is -1.64. The highest BCUT2D eigenvalue weighted by molar-refractivity contribution is 5.99. The monoisotopic (exact) mass is 262 g/mol. The van der Waals surface area contributed by atoms with Crippen molar-refractivity contribution >= 4 is 11.8 Å². The van der Waals surface area contributed by atoms with Crippen LogP contribution in [0.25, 0.3) is 0 Å². The summed E-state index contributed by atoms with van der Waals surface area (Å²) in [5.41, 5.74) is 3.96. The van der Waals surface area contributed by atoms with Gasteiger partial charge in [-0.15, -0.1) is 0 Å². The molecule has 0 atom stereocenters. The maximum Gasteiger partial charge on any atom is 0.306 e. The minimum atomic E-state index is -0.295. The quantitative estimate of drug-likeness (QED) is 0.582. The molecule has 3 nitrogen and oxygen atoms in total. The predicted octanol–water partition coefficient (Wildman–Crippen LogP) is 3.53. The second-order valence-electron chi connectivity index (χ2n) is 4.90. The molecule has 3 heteroatoms. The second kappa shape index (κ2) is 7.07. The van der Waals surface area contributed by atoms with E-state index in [-0.39, 0.29) is 24.6 Å². The van der Waals surface area contributed by atoms with Gasteiger partial charge in [-0.25, -0.2) is 0 Å². The van der Waals surface area contributed by atoms with Crippen LogP contribution < -0.4 is 0 Å². The molecule has 0 saturated carbocycles. The third-order valence-electron chi connectivity index (χ3n) is 3.16. The van der Waals surface area contributed by atoms with Crippen LogP contribution in [0.4, 0.5) is 0 Å². The van der Waals surface area contributed by atoms with Crippen molar-refractivity contribution in [2.45, 2.75) is 47.0 Å². The number of ether oxygens (including phenoxy) is 1. The van der Waals surface area contributed by atoms with Crippen molar-refractivity contribution in [3.05, 3.63) is 34.4 Å². The van der Waals surface area contributed by atoms with Gasteiger partial charge in [0.05, 0.1) is 13.0 Å². The molecule has 0 N–H and O–H groups in total. The number of carbonyl (C=O) groups excluding carboxylic acids is 2. The number of aryl methyl sites for hydroxylation is 3. The van der Waals surface area contributed by atoms with Gasteiger partial charge in [0.2, 0.25) is 0 Å². The number of hydrogen-bond donors (Lipinski definition) is 0. The highest BCUT2D eigenvalue weighted by atomic mass is 16.5. The van der Waals surface area contributed by atoms with Crippen molar-refractivity contribution in [1.29, 1.82) is 0 Å². The molecule has 0 aliphatic rings. The van der Waals surface area contributed by atoms with Gasteiger partial charge in [0.25, 0.3) is 0 Å². The van der Waals surface area contributed by atoms with Gasteiger partial charge in [-0.3, -0.25) is 9.59 Å². The van der Waals surface area contributed by atoms with Crippen LogP contribution in [-0.2, 0) is 9.53 Å². The molecule has 0 spiro atoms. The zero-order chi connectivity index (χ0) is 14.4. The molecule has 0 radical (unpaired) electrons. The highest BCUT2D eigenvalue weighted by Crippen LogP contribution is 2.17. The number of hydrogen-bond acceptors (Lipinski definition) is 3. The summed E-state index contributed by atoms with van der Waals surface area (Å²) in [5.74, 6) is -0.286. The Balaban J connectivity index is 2.64. The molecule has 19 heavy (non-hydrogen) atoms. The fraction of sp³-hybridized carbons (Fsp3) is 0.500. The first-order valence-corrected chi connectivity index (χ1v) is 6.72. The van der Waals surface area contributed by atoms with E-state index < -0.39 is 0 Å². The van der Waals surface area contributed by atoms with E-state index in [0.717, 1.165) is 17.5 Å². The van der Waals surface area contributed by atoms with E-state index in [0.29, 0.717) is 12.2 Å². The van der Waals surface area contributed by atoms with E-state index in [4.69, 9.17) is 4.74 Å². The van der Waals surface area contributed by atoms with Crippen molar-refractivity contribution in [2.75, 3.05) is 6.61 Å². The van der Waals surface area contributed by atoms with E-state index in [1.807, 2.05) is 39.8 Å². The van der Waals surface area contributed by atoms with Crippen molar-refractivity contribution in [3.63, 3.8) is 0 Å². The second-order valence-corrected chi connectivity index (χ2v) is 4.90. The third-order valence-corrected chi connectivity index (χ3v) is 3.16. The van der Waals surface area contributed by atoms with Crippen molar-refractivity contribution in [3.8, 4) is 0 Å². The average molecular weight is 262 g/mol. The lowest BCUT2D eigenvalue weighted by atomic mass is 9.96. The van der Waals surface area contributed by atoms with Crippen LogP contribution in [0.1, 0.15) is 53.2 Å². The molecule has 0 fully saturated rings. The molecule has 1 rings (SSSR count). The first-order chi connectivity index (χ1) is 8.95. The van der Waals surface area contributed by atoms with Gasteiger partial charge in [-0.1, -0.05) is 13.0 Å². The Morgan fingerprint density at radius 3 is 2.26 bits per heavy atom. The van der Waals surface area contributed by atoms with Crippen LogP contribution in [0, 0.1) is 20.8 Å². The van der Waals surface area contributed by atoms with Crippen LogP contribution in [0.3, 0.4) is 0 Å². The summed E-state index contributed by atoms with van der Waals surface area (Å²) in [7, 11) is 0. The predicted molar refractivity (Wildman–Crippen MR) is 75.5 cm³/mol. The minimum absolute atomic E-state index is 0.00838. The van der Waals surface area contributed by atoms with E-state index in [1.54, 1.807) is 0 Å². The minimum Gasteiger partial charge on any atom is -0.466 e. The average Bonchev–Trinajstić information content (AvgIpc) is 2.37. The van der Waals surface area contributed by atoms with E-state index in [2.05, 4.69) is 0 Å². The molecule has 0 aromatic heterocycles. The molecular formula is C16H22O3. The lowest BCUT2D eigenvalue weighted by molar-refractivity contribution is -0.143. The lowest BCUT2D eigenvalue weighted by Gasteiger charge is -2.09. The molecule has 0 aliphatic carbocycles. The largest absolute Gasteiger partial charge is 0.466 e. The fourth-order valence-electron chi connectivity index (χ4n) is 1.90. The summed E-state index contributed by atoms with van der Waals surface area (Å²) in [4.78, 5) is 23.5. The Morgan fingerprint density at radius 2 is 1.63 bits per heavy atom. The SMILES string of the molecule is CCCOC(=O)CCC(=O)c1cc(C)c(C)cc1C. The summed E-state index contributed by atoms with van der Waals surface area (Å²) in [6, 6.07) is 3.92. The molecule has 0 bridgehead atoms. The van der Waals surface area contributed by atoms with Crippen LogP contribution in [0.15, 0.2) is 12.1 Å². The van der Waals surface area contributed by atoms with Gasteiger partial charge in [0.15, 0.2) is 5.78 Å². The summed E-state index contributed by atoms with van der Waals surface area (Å²) >= 11 is 0. The summed E-state index contributed by atoms with van der Waals surface area (Å²) in [5, 5.41) is 0. The molecule has 0 heterocycles. The number of benzene rings is 1. The lowest BCUT2D eigenvalue weighted by Crippen LogP contribution is -2.10. The van der Waals surface area contributed by atoms with Crippen LogP contribution in [0.5, 0.6) is 0 Å². The number of ketones is 1. The van der Waals surface area contributed by atoms with Crippen LogP contribution >= 0.6 is 0 Å². The van der Waals surface area contributed by atoms with Crippen molar-refractivity contribution < 1.29 is 14.3 Å². The van der Waals surface area contributed by atoms with Crippen LogP contribution in [0.2, 0.25) is 0 Å². The number of esters is 1. The van der Waals surface area contributed by atoms with Gasteiger partial charge >= 0.3 is 5.97 Å². The molecule has 1 aromatic carbocycles. The smallest absolute Gasteiger partial charge is 0.306 e. The number of Topliss-reactive ketones (excluding diaryl/α,β-unsaturated/α-hetero) is 1. The highest BCUT2D eigenvalue weighted by Gasteiger charge is 2.13. The van der Waals surface area contributed by atoms with Crippen molar-refractivity contribution in [1.82, 2.24) is 0 Å². The molecule has 0 saturated heterocycles. The summed E-state index contributed by atoms with van der Waals surface area (Å²) < 4.78 is 4.96. The van der Waals surface area contributed by atoms with Gasteiger partial charge in [-0.05, 0) is 49.9 Å². The van der Waals surface area contributed by atoms with Crippen LogP contribution in [-0.4, -0.2) is 18.4 Å². The van der Waals surface area contributed by atoms with E-state index in [9.17, 15) is 9.59 Å². The molecular weight excluding hydrogens is 240 g/mol. The maximum absolute atomic E-state index is 12.1. The molecule has 0 amide bonds. The van der Waals surface area contributed by atoms with E-state index >= 15 is 0 Å². The normalized spacial score (nSPS) is 10.3. The topological polar surface area (TPSA) is 43.4 Å². The van der Waals surface area contributed by atoms with Gasteiger partial charge in [0, 0.05) is 12.0 Å². The molecule has 0 unspecified atom stereocenters. The molecule has 104 valence electrons. The Bertz CT molecular complexity index is 475. The van der Waals surface area contributed by atoms with Gasteiger partial charge < -0.3 is 4.74 Å². The Labute approximate surface area is 115 Å². The first kappa shape index (κ1) is 15.4. The zero-order valence-corrected chi connectivity index (χ0v) is 12.2. The third kappa shape index (κ3) is 4.51. The van der Waals surface area contributed by atoms with E-state index in [1.165, 1.54) is 5.56 Å². The molecule has 1 aromatic rings. The number of carbonyl (C=O) groups is 2. The zero-order valence-electron chi connectivity index (χ0n) is 12.2. The fourth-order valence-corrected chi connectivity index (χ4v) is 1.90. The van der Waals surface area contributed by atoms with Crippen molar-refractivity contribution in [2.24, 2.45) is 0 Å². The summed E-state index contributed by atoms with van der Waals surface area (Å²) in [6.45, 7) is 8.31. The Kier molecular flexibility index (Phi) is 5.74. The maximum atomic E-state index is 12.1. The summed E-state index contributed by atoms with van der Waals surface area (Å²) in [6.07, 6.45) is 1.17. The van der Waals surface area contributed by atoms with Gasteiger partial charge in [0.1, 0.15) is 0 Å². The van der Waals surface area contributed by atoms with Gasteiger partial charge in [-0.2, -0.15) is 0 Å². The Morgan fingerprint density at radius 1 is 1.00 bits per heavy atom. The number of rotatable bonds is 6.